The Morgan fingerprint density at radius 2 is 1.94 bits per heavy atom. The van der Waals surface area contributed by atoms with E-state index >= 15 is 0 Å². The molecule has 88 valence electrons. The van der Waals surface area contributed by atoms with Gasteiger partial charge in [-0.05, 0) is 32.1 Å². The third-order valence-electron chi connectivity index (χ3n) is 2.47. The molecule has 0 saturated carbocycles. The predicted molar refractivity (Wildman–Crippen MR) is 70.4 cm³/mol. The first-order valence-electron chi connectivity index (χ1n) is 5.67. The average molecular weight is 218 g/mol. The summed E-state index contributed by atoms with van der Waals surface area (Å²) < 4.78 is 0. The molecule has 0 bridgehead atoms. The van der Waals surface area contributed by atoms with Gasteiger partial charge >= 0.3 is 0 Å². The summed E-state index contributed by atoms with van der Waals surface area (Å²) in [5, 5.41) is 3.20. The summed E-state index contributed by atoms with van der Waals surface area (Å²) in [6, 6.07) is 8.57. The van der Waals surface area contributed by atoms with E-state index in [2.05, 4.69) is 55.0 Å². The highest BCUT2D eigenvalue weighted by Crippen LogP contribution is 2.11. The molecule has 0 aliphatic carbocycles. The van der Waals surface area contributed by atoms with Crippen molar-refractivity contribution >= 4 is 0 Å². The first-order chi connectivity index (χ1) is 7.63. The molecular formula is C14H22N2. The minimum absolute atomic E-state index is 0.928. The Labute approximate surface area is 99.0 Å². The Kier molecular flexibility index (Phi) is 5.23. The molecule has 1 aromatic rings. The van der Waals surface area contributed by atoms with Crippen LogP contribution in [0.1, 0.15) is 18.1 Å². The smallest absolute Gasteiger partial charge is 0.0237 e. The lowest BCUT2D eigenvalue weighted by Gasteiger charge is -2.18. The number of benzene rings is 1. The van der Waals surface area contributed by atoms with E-state index in [-0.39, 0.29) is 0 Å². The molecule has 2 nitrogen and oxygen atoms in total. The van der Waals surface area contributed by atoms with Crippen molar-refractivity contribution in [1.29, 1.82) is 0 Å². The van der Waals surface area contributed by atoms with Crippen molar-refractivity contribution < 1.29 is 0 Å². The van der Waals surface area contributed by atoms with Crippen molar-refractivity contribution in [2.75, 3.05) is 20.6 Å². The zero-order chi connectivity index (χ0) is 12.0. The van der Waals surface area contributed by atoms with Gasteiger partial charge in [0.2, 0.25) is 0 Å². The third-order valence-corrected chi connectivity index (χ3v) is 2.47. The first kappa shape index (κ1) is 12.9. The molecule has 0 unspecified atom stereocenters. The molecule has 0 amide bonds. The van der Waals surface area contributed by atoms with E-state index in [1.807, 2.05) is 7.05 Å². The molecule has 16 heavy (non-hydrogen) atoms. The average Bonchev–Trinajstić information content (AvgIpc) is 2.20. The molecule has 0 aromatic heterocycles. The van der Waals surface area contributed by atoms with E-state index in [4.69, 9.17) is 0 Å². The molecule has 0 saturated heterocycles. The molecule has 2 heteroatoms. The van der Waals surface area contributed by atoms with Crippen LogP contribution in [0.25, 0.3) is 0 Å². The molecule has 0 heterocycles. The van der Waals surface area contributed by atoms with Crippen molar-refractivity contribution in [3.05, 3.63) is 47.5 Å². The second-order valence-corrected chi connectivity index (χ2v) is 4.43. The number of rotatable bonds is 6. The molecule has 0 atom stereocenters. The van der Waals surface area contributed by atoms with E-state index < -0.39 is 0 Å². The van der Waals surface area contributed by atoms with Gasteiger partial charge in [0.1, 0.15) is 0 Å². The fraction of sp³-hybridized carbons (Fsp3) is 0.429. The summed E-state index contributed by atoms with van der Waals surface area (Å²) in [5.41, 5.74) is 3.97. The molecule has 1 rings (SSSR count). The zero-order valence-corrected chi connectivity index (χ0v) is 10.6. The Balaban J connectivity index is 2.68. The lowest BCUT2D eigenvalue weighted by Crippen LogP contribution is -2.21. The summed E-state index contributed by atoms with van der Waals surface area (Å²) in [5.74, 6) is 0. The van der Waals surface area contributed by atoms with Crippen LogP contribution in [0, 0.1) is 0 Å². The molecule has 0 spiro atoms. The van der Waals surface area contributed by atoms with Gasteiger partial charge in [-0.1, -0.05) is 36.4 Å². The normalized spacial score (nSPS) is 10.8. The van der Waals surface area contributed by atoms with Crippen LogP contribution >= 0.6 is 0 Å². The lowest BCUT2D eigenvalue weighted by molar-refractivity contribution is 0.354. The largest absolute Gasteiger partial charge is 0.316 e. The van der Waals surface area contributed by atoms with Gasteiger partial charge in [-0.2, -0.15) is 0 Å². The number of likely N-dealkylation sites (N-methyl/N-ethyl adjacent to an activating group) is 1. The van der Waals surface area contributed by atoms with Crippen molar-refractivity contribution in [3.63, 3.8) is 0 Å². The number of hydrogen-bond acceptors (Lipinski definition) is 2. The van der Waals surface area contributed by atoms with Crippen LogP contribution in [0.3, 0.4) is 0 Å². The predicted octanol–water partition coefficient (Wildman–Crippen LogP) is 2.41. The van der Waals surface area contributed by atoms with Gasteiger partial charge in [0.05, 0.1) is 0 Å². The minimum atomic E-state index is 0.928. The molecule has 0 radical (unpaired) electrons. The van der Waals surface area contributed by atoms with E-state index in [1.54, 1.807) is 0 Å². The van der Waals surface area contributed by atoms with Gasteiger partial charge in [0.25, 0.3) is 0 Å². The topological polar surface area (TPSA) is 15.3 Å². The van der Waals surface area contributed by atoms with Gasteiger partial charge < -0.3 is 5.32 Å². The van der Waals surface area contributed by atoms with Crippen LogP contribution in [-0.2, 0) is 13.1 Å². The van der Waals surface area contributed by atoms with Crippen LogP contribution in [0.15, 0.2) is 36.4 Å². The van der Waals surface area contributed by atoms with Crippen molar-refractivity contribution in [2.45, 2.75) is 20.0 Å². The van der Waals surface area contributed by atoms with Crippen molar-refractivity contribution in [3.8, 4) is 0 Å². The lowest BCUT2D eigenvalue weighted by atomic mass is 10.1. The Bertz CT molecular complexity index is 344. The standard InChI is InChI=1S/C14H22N2/c1-12(2)10-16(4)11-14-8-6-5-7-13(14)9-15-3/h5-8,15H,1,9-11H2,2-4H3. The van der Waals surface area contributed by atoms with E-state index in [0.29, 0.717) is 0 Å². The third kappa shape index (κ3) is 4.17. The molecular weight excluding hydrogens is 196 g/mol. The molecule has 0 aliphatic heterocycles. The SMILES string of the molecule is C=C(C)CN(C)Cc1ccccc1CNC. The molecule has 1 aromatic carbocycles. The number of nitrogens with one attached hydrogen (secondary N) is 1. The highest BCUT2D eigenvalue weighted by Gasteiger charge is 2.04. The quantitative estimate of drug-likeness (QED) is 0.738. The number of hydrogen-bond donors (Lipinski definition) is 1. The Hall–Kier alpha value is -1.12. The van der Waals surface area contributed by atoms with Crippen LogP contribution in [0.2, 0.25) is 0 Å². The Morgan fingerprint density at radius 1 is 1.31 bits per heavy atom. The summed E-state index contributed by atoms with van der Waals surface area (Å²) >= 11 is 0. The van der Waals surface area contributed by atoms with Gasteiger partial charge in [-0.25, -0.2) is 0 Å². The van der Waals surface area contributed by atoms with E-state index in [1.165, 1.54) is 16.7 Å². The van der Waals surface area contributed by atoms with Gasteiger partial charge in [0.15, 0.2) is 0 Å². The molecule has 0 aliphatic rings. The van der Waals surface area contributed by atoms with E-state index in [9.17, 15) is 0 Å². The maximum atomic E-state index is 3.94. The van der Waals surface area contributed by atoms with Crippen molar-refractivity contribution in [2.24, 2.45) is 0 Å². The minimum Gasteiger partial charge on any atom is -0.316 e. The highest BCUT2D eigenvalue weighted by molar-refractivity contribution is 5.27. The second kappa shape index (κ2) is 6.46. The van der Waals surface area contributed by atoms with Gasteiger partial charge in [0, 0.05) is 19.6 Å². The zero-order valence-electron chi connectivity index (χ0n) is 10.6. The van der Waals surface area contributed by atoms with Crippen LogP contribution in [0.5, 0.6) is 0 Å². The molecule has 0 fully saturated rings. The second-order valence-electron chi connectivity index (χ2n) is 4.43. The highest BCUT2D eigenvalue weighted by atomic mass is 15.1. The summed E-state index contributed by atoms with van der Waals surface area (Å²) in [7, 11) is 4.11. The summed E-state index contributed by atoms with van der Waals surface area (Å²) in [6.45, 7) is 8.86. The van der Waals surface area contributed by atoms with Crippen molar-refractivity contribution in [1.82, 2.24) is 10.2 Å². The van der Waals surface area contributed by atoms with Crippen LogP contribution < -0.4 is 5.32 Å². The van der Waals surface area contributed by atoms with Crippen LogP contribution in [0.4, 0.5) is 0 Å². The first-order valence-corrected chi connectivity index (χ1v) is 5.67. The monoisotopic (exact) mass is 218 g/mol. The molecule has 1 N–H and O–H groups in total. The maximum absolute atomic E-state index is 3.94. The van der Waals surface area contributed by atoms with E-state index in [0.717, 1.165) is 19.6 Å². The number of nitrogens with zero attached hydrogens (tertiary/aromatic N) is 1. The maximum Gasteiger partial charge on any atom is 0.0237 e. The summed E-state index contributed by atoms with van der Waals surface area (Å²) in [6.07, 6.45) is 0. The fourth-order valence-electron chi connectivity index (χ4n) is 1.88. The van der Waals surface area contributed by atoms with Crippen LogP contribution in [-0.4, -0.2) is 25.5 Å². The van der Waals surface area contributed by atoms with Gasteiger partial charge in [-0.3, -0.25) is 4.90 Å². The fourth-order valence-corrected chi connectivity index (χ4v) is 1.88. The summed E-state index contributed by atoms with van der Waals surface area (Å²) in [4.78, 5) is 2.29. The Morgan fingerprint density at radius 3 is 2.50 bits per heavy atom. The van der Waals surface area contributed by atoms with Gasteiger partial charge in [-0.15, -0.1) is 0 Å².